The summed E-state index contributed by atoms with van der Waals surface area (Å²) >= 11 is 8.43. The molecule has 0 atom stereocenters. The van der Waals surface area contributed by atoms with Crippen molar-refractivity contribution < 1.29 is 13.2 Å². The molecule has 2 nitrogen and oxygen atoms in total. The lowest BCUT2D eigenvalue weighted by Gasteiger charge is -2.11. The Morgan fingerprint density at radius 2 is 2.07 bits per heavy atom. The summed E-state index contributed by atoms with van der Waals surface area (Å²) in [4.78, 5) is 0. The van der Waals surface area contributed by atoms with Crippen molar-refractivity contribution in [1.29, 1.82) is 0 Å². The summed E-state index contributed by atoms with van der Waals surface area (Å²) in [7, 11) is 0. The topological polar surface area (TPSA) is 28.7 Å². The van der Waals surface area contributed by atoms with Crippen LogP contribution in [0.15, 0.2) is 16.7 Å². The summed E-state index contributed by atoms with van der Waals surface area (Å²) in [6, 6.07) is 1.23. The fourth-order valence-electron chi connectivity index (χ4n) is 1.28. The highest BCUT2D eigenvalue weighted by atomic mass is 79.9. The second-order valence-corrected chi connectivity index (χ2v) is 4.08. The third-order valence-electron chi connectivity index (χ3n) is 1.91. The van der Waals surface area contributed by atoms with Crippen molar-refractivity contribution in [3.05, 3.63) is 27.3 Å². The number of benzene rings is 1. The average molecular weight is 299 g/mol. The second-order valence-electron chi connectivity index (χ2n) is 2.88. The van der Waals surface area contributed by atoms with Gasteiger partial charge in [0.1, 0.15) is 0 Å². The molecule has 0 aliphatic heterocycles. The van der Waals surface area contributed by atoms with Gasteiger partial charge in [-0.3, -0.25) is 5.10 Å². The number of nitrogens with one attached hydrogen (secondary N) is 1. The van der Waals surface area contributed by atoms with E-state index in [4.69, 9.17) is 11.6 Å². The molecule has 1 aromatic heterocycles. The lowest BCUT2D eigenvalue weighted by Crippen LogP contribution is -2.07. The maximum Gasteiger partial charge on any atom is 0.419 e. The first kappa shape index (κ1) is 10.8. The molecule has 0 spiro atoms. The Kier molecular flexibility index (Phi) is 2.42. The molecule has 80 valence electrons. The Bertz CT molecular complexity index is 520. The predicted octanol–water partition coefficient (Wildman–Crippen LogP) is 4.00. The van der Waals surface area contributed by atoms with Gasteiger partial charge in [-0.1, -0.05) is 11.6 Å². The van der Waals surface area contributed by atoms with Gasteiger partial charge in [-0.05, 0) is 22.0 Å². The number of alkyl halides is 3. The number of rotatable bonds is 0. The molecule has 0 aliphatic rings. The van der Waals surface area contributed by atoms with E-state index >= 15 is 0 Å². The molecule has 2 aromatic rings. The van der Waals surface area contributed by atoms with E-state index in [1.54, 1.807) is 0 Å². The molecule has 0 aliphatic carbocycles. The smallest absolute Gasteiger partial charge is 0.277 e. The molecular formula is C8H3BrClF3N2. The minimum atomic E-state index is -4.49. The van der Waals surface area contributed by atoms with E-state index in [0.29, 0.717) is 5.39 Å². The molecule has 0 amide bonds. The van der Waals surface area contributed by atoms with Crippen molar-refractivity contribution in [2.24, 2.45) is 0 Å². The number of fused-ring (bicyclic) bond motifs is 1. The summed E-state index contributed by atoms with van der Waals surface area (Å²) in [5.74, 6) is 0. The summed E-state index contributed by atoms with van der Waals surface area (Å²) in [6.45, 7) is 0. The lowest BCUT2D eigenvalue weighted by molar-refractivity contribution is -0.138. The van der Waals surface area contributed by atoms with Gasteiger partial charge in [0.05, 0.1) is 26.8 Å². The van der Waals surface area contributed by atoms with Gasteiger partial charge in [0, 0.05) is 5.39 Å². The highest BCUT2D eigenvalue weighted by molar-refractivity contribution is 9.10. The van der Waals surface area contributed by atoms with Crippen LogP contribution in [0, 0.1) is 0 Å². The van der Waals surface area contributed by atoms with Crippen LogP contribution < -0.4 is 0 Å². The minimum Gasteiger partial charge on any atom is -0.277 e. The van der Waals surface area contributed by atoms with Crippen LogP contribution in [0.1, 0.15) is 5.56 Å². The van der Waals surface area contributed by atoms with Crippen LogP contribution in [0.25, 0.3) is 10.9 Å². The first-order valence-corrected chi connectivity index (χ1v) is 4.96. The molecule has 2 rings (SSSR count). The number of H-pyrrole nitrogens is 1. The van der Waals surface area contributed by atoms with Gasteiger partial charge >= 0.3 is 6.18 Å². The van der Waals surface area contributed by atoms with Gasteiger partial charge in [0.2, 0.25) is 0 Å². The molecule has 0 saturated carbocycles. The molecule has 1 N–H and O–H groups in total. The maximum atomic E-state index is 12.6. The van der Waals surface area contributed by atoms with Gasteiger partial charge in [0.25, 0.3) is 0 Å². The van der Waals surface area contributed by atoms with Crippen molar-refractivity contribution in [3.63, 3.8) is 0 Å². The molecule has 0 saturated heterocycles. The zero-order valence-corrected chi connectivity index (χ0v) is 9.33. The molecule has 0 bridgehead atoms. The van der Waals surface area contributed by atoms with Crippen molar-refractivity contribution in [3.8, 4) is 0 Å². The number of aromatic amines is 1. The monoisotopic (exact) mass is 298 g/mol. The van der Waals surface area contributed by atoms with Gasteiger partial charge in [0.15, 0.2) is 0 Å². The van der Waals surface area contributed by atoms with E-state index in [1.807, 2.05) is 0 Å². The highest BCUT2D eigenvalue weighted by Crippen LogP contribution is 2.42. The normalized spacial score (nSPS) is 12.3. The molecule has 0 unspecified atom stereocenters. The van der Waals surface area contributed by atoms with E-state index < -0.39 is 11.7 Å². The molecule has 7 heteroatoms. The zero-order valence-electron chi connectivity index (χ0n) is 6.99. The number of hydrogen-bond acceptors (Lipinski definition) is 1. The standard InChI is InChI=1S/C8H3BrClF3N2/c9-6-5(8(11,12)13)4(10)1-3-2-14-15-7(3)6/h1-2H,(H,14,15). The first-order valence-electron chi connectivity index (χ1n) is 3.79. The van der Waals surface area contributed by atoms with Crippen molar-refractivity contribution in [2.45, 2.75) is 6.18 Å². The Balaban J connectivity index is 2.84. The van der Waals surface area contributed by atoms with Gasteiger partial charge in [-0.2, -0.15) is 18.3 Å². The van der Waals surface area contributed by atoms with E-state index in [9.17, 15) is 13.2 Å². The van der Waals surface area contributed by atoms with Crippen LogP contribution in [0.2, 0.25) is 5.02 Å². The van der Waals surface area contributed by atoms with E-state index in [2.05, 4.69) is 26.1 Å². The molecule has 1 heterocycles. The molecular weight excluding hydrogens is 296 g/mol. The van der Waals surface area contributed by atoms with Crippen LogP contribution in [0.3, 0.4) is 0 Å². The zero-order chi connectivity index (χ0) is 11.2. The Hall–Kier alpha value is -0.750. The second kappa shape index (κ2) is 3.38. The molecule has 1 aromatic carbocycles. The molecule has 0 fully saturated rings. The fourth-order valence-corrected chi connectivity index (χ4v) is 2.47. The Morgan fingerprint density at radius 1 is 1.40 bits per heavy atom. The SMILES string of the molecule is FC(F)(F)c1c(Cl)cc2cn[nH]c2c1Br. The average Bonchev–Trinajstić information content (AvgIpc) is 2.48. The van der Waals surface area contributed by atoms with Gasteiger partial charge in [-0.15, -0.1) is 0 Å². The van der Waals surface area contributed by atoms with Crippen LogP contribution in [-0.2, 0) is 6.18 Å². The third-order valence-corrected chi connectivity index (χ3v) is 3.00. The van der Waals surface area contributed by atoms with Gasteiger partial charge < -0.3 is 0 Å². The molecule has 0 radical (unpaired) electrons. The summed E-state index contributed by atoms with van der Waals surface area (Å²) < 4.78 is 37.7. The lowest BCUT2D eigenvalue weighted by atomic mass is 10.1. The van der Waals surface area contributed by atoms with E-state index in [-0.39, 0.29) is 15.0 Å². The maximum absolute atomic E-state index is 12.6. The number of nitrogens with zero attached hydrogens (tertiary/aromatic N) is 1. The number of halogens is 5. The number of aromatic nitrogens is 2. The minimum absolute atomic E-state index is 0.116. The summed E-state index contributed by atoms with van der Waals surface area (Å²) in [6.07, 6.45) is -3.08. The van der Waals surface area contributed by atoms with Crippen molar-refractivity contribution in [2.75, 3.05) is 0 Å². The summed E-state index contributed by atoms with van der Waals surface area (Å²) in [5.41, 5.74) is -0.604. The molecule has 15 heavy (non-hydrogen) atoms. The van der Waals surface area contributed by atoms with Crippen molar-refractivity contribution in [1.82, 2.24) is 10.2 Å². The quantitative estimate of drug-likeness (QED) is 0.782. The van der Waals surface area contributed by atoms with Gasteiger partial charge in [-0.25, -0.2) is 0 Å². The Morgan fingerprint density at radius 3 is 2.67 bits per heavy atom. The number of hydrogen-bond donors (Lipinski definition) is 1. The van der Waals surface area contributed by atoms with Crippen LogP contribution in [0.5, 0.6) is 0 Å². The Labute approximate surface area is 95.5 Å². The van der Waals surface area contributed by atoms with Crippen LogP contribution >= 0.6 is 27.5 Å². The summed E-state index contributed by atoms with van der Waals surface area (Å²) in [5, 5.41) is 6.30. The van der Waals surface area contributed by atoms with Crippen molar-refractivity contribution >= 4 is 38.4 Å². The first-order chi connectivity index (χ1) is 6.91. The van der Waals surface area contributed by atoms with Crippen LogP contribution in [-0.4, -0.2) is 10.2 Å². The predicted molar refractivity (Wildman–Crippen MR) is 53.8 cm³/mol. The highest BCUT2D eigenvalue weighted by Gasteiger charge is 2.36. The van der Waals surface area contributed by atoms with E-state index in [0.717, 1.165) is 0 Å². The van der Waals surface area contributed by atoms with Crippen LogP contribution in [0.4, 0.5) is 13.2 Å². The largest absolute Gasteiger partial charge is 0.419 e. The third kappa shape index (κ3) is 1.72. The fraction of sp³-hybridized carbons (Fsp3) is 0.125. The van der Waals surface area contributed by atoms with E-state index in [1.165, 1.54) is 12.3 Å².